The number of aromatic nitrogens is 2. The average molecular weight is 344 g/mol. The third-order valence-corrected chi connectivity index (χ3v) is 5.46. The molecular formula is C18H21FN4O2. The minimum Gasteiger partial charge on any atom is -0.481 e. The van der Waals surface area contributed by atoms with Crippen molar-refractivity contribution in [3.05, 3.63) is 48.0 Å². The van der Waals surface area contributed by atoms with Crippen LogP contribution >= 0.6 is 0 Å². The van der Waals surface area contributed by atoms with Gasteiger partial charge in [-0.05, 0) is 36.9 Å². The molecule has 0 bridgehead atoms. The molecule has 6 nitrogen and oxygen atoms in total. The Balaban J connectivity index is 1.60. The molecule has 2 fully saturated rings. The van der Waals surface area contributed by atoms with E-state index in [1.165, 1.54) is 12.1 Å². The molecule has 1 aromatic heterocycles. The lowest BCUT2D eigenvalue weighted by Crippen LogP contribution is -2.40. The molecule has 0 amide bonds. The Kier molecular flexibility index (Phi) is 3.85. The van der Waals surface area contributed by atoms with Crippen LogP contribution in [0.4, 0.5) is 4.39 Å². The molecule has 0 saturated carbocycles. The molecule has 4 rings (SSSR count). The van der Waals surface area contributed by atoms with Crippen molar-refractivity contribution >= 4 is 5.97 Å². The highest BCUT2D eigenvalue weighted by molar-refractivity contribution is 5.77. The Morgan fingerprint density at radius 1 is 1.40 bits per heavy atom. The lowest BCUT2D eigenvalue weighted by molar-refractivity contribution is -0.148. The van der Waals surface area contributed by atoms with Crippen LogP contribution in [-0.2, 0) is 11.3 Å². The van der Waals surface area contributed by atoms with Gasteiger partial charge in [0.25, 0.3) is 0 Å². The Morgan fingerprint density at radius 2 is 2.24 bits per heavy atom. The summed E-state index contributed by atoms with van der Waals surface area (Å²) >= 11 is 0. The minimum atomic E-state index is -0.726. The first-order valence-electron chi connectivity index (χ1n) is 8.41. The first-order valence-corrected chi connectivity index (χ1v) is 8.41. The highest BCUT2D eigenvalue weighted by atomic mass is 19.1. The molecule has 2 atom stereocenters. The lowest BCUT2D eigenvalue weighted by Gasteiger charge is -2.24. The summed E-state index contributed by atoms with van der Waals surface area (Å²) in [4.78, 5) is 16.2. The number of hydrogen-bond acceptors (Lipinski definition) is 4. The van der Waals surface area contributed by atoms with Gasteiger partial charge in [-0.25, -0.2) is 9.07 Å². The molecule has 25 heavy (non-hydrogen) atoms. The van der Waals surface area contributed by atoms with E-state index in [1.807, 2.05) is 19.3 Å². The van der Waals surface area contributed by atoms with Gasteiger partial charge in [0.15, 0.2) is 0 Å². The van der Waals surface area contributed by atoms with Crippen molar-refractivity contribution in [2.45, 2.75) is 6.54 Å². The summed E-state index contributed by atoms with van der Waals surface area (Å²) in [5, 5.41) is 14.0. The number of carboxylic acids is 1. The van der Waals surface area contributed by atoms with Gasteiger partial charge < -0.3 is 10.0 Å². The van der Waals surface area contributed by atoms with Gasteiger partial charge in [0, 0.05) is 51.0 Å². The summed E-state index contributed by atoms with van der Waals surface area (Å²) in [7, 11) is 1.97. The van der Waals surface area contributed by atoms with Gasteiger partial charge in [0.1, 0.15) is 5.82 Å². The second kappa shape index (κ2) is 5.93. The van der Waals surface area contributed by atoms with Crippen molar-refractivity contribution in [1.29, 1.82) is 0 Å². The third-order valence-electron chi connectivity index (χ3n) is 5.46. The fraction of sp³-hybridized carbons (Fsp3) is 0.444. The first-order chi connectivity index (χ1) is 12.0. The summed E-state index contributed by atoms with van der Waals surface area (Å²) in [6, 6.07) is 6.48. The van der Waals surface area contributed by atoms with Gasteiger partial charge in [-0.1, -0.05) is 0 Å². The minimum absolute atomic E-state index is 0.108. The highest BCUT2D eigenvalue weighted by Gasteiger charge is 2.56. The molecule has 0 spiro atoms. The van der Waals surface area contributed by atoms with E-state index >= 15 is 0 Å². The molecule has 7 heteroatoms. The monoisotopic (exact) mass is 344 g/mol. The predicted molar refractivity (Wildman–Crippen MR) is 89.9 cm³/mol. The summed E-state index contributed by atoms with van der Waals surface area (Å²) in [5.41, 5.74) is 0.927. The molecule has 2 saturated heterocycles. The standard InChI is InChI=1S/C18H21FN4O2/c1-21-9-14-10-22(12-18(14,11-21)17(24)25)8-13-7-15(19)3-4-16(13)23-6-2-5-20-23/h2-7,14H,8-12H2,1H3,(H,24,25)/t14-,18-/m0/s1. The van der Waals surface area contributed by atoms with Crippen molar-refractivity contribution in [2.24, 2.45) is 11.3 Å². The summed E-state index contributed by atoms with van der Waals surface area (Å²) in [5.74, 6) is -0.911. The fourth-order valence-corrected chi connectivity index (χ4v) is 4.40. The maximum absolute atomic E-state index is 13.8. The fourth-order valence-electron chi connectivity index (χ4n) is 4.40. The van der Waals surface area contributed by atoms with Gasteiger partial charge in [0.2, 0.25) is 0 Å². The van der Waals surface area contributed by atoms with E-state index in [1.54, 1.807) is 16.9 Å². The largest absolute Gasteiger partial charge is 0.481 e. The number of halogens is 1. The van der Waals surface area contributed by atoms with Crippen LogP contribution in [0.15, 0.2) is 36.7 Å². The molecule has 2 aliphatic heterocycles. The van der Waals surface area contributed by atoms with Gasteiger partial charge >= 0.3 is 5.97 Å². The van der Waals surface area contributed by atoms with E-state index in [0.717, 1.165) is 17.8 Å². The van der Waals surface area contributed by atoms with Crippen molar-refractivity contribution in [2.75, 3.05) is 33.2 Å². The van der Waals surface area contributed by atoms with Gasteiger partial charge in [-0.15, -0.1) is 0 Å². The highest BCUT2D eigenvalue weighted by Crippen LogP contribution is 2.42. The van der Waals surface area contributed by atoms with Crippen molar-refractivity contribution in [3.63, 3.8) is 0 Å². The van der Waals surface area contributed by atoms with Crippen LogP contribution in [0.3, 0.4) is 0 Å². The van der Waals surface area contributed by atoms with E-state index < -0.39 is 11.4 Å². The summed E-state index contributed by atoms with van der Waals surface area (Å²) in [6.07, 6.45) is 3.51. The molecule has 2 aliphatic rings. The number of nitrogens with zero attached hydrogens (tertiary/aromatic N) is 4. The second-order valence-electron chi connectivity index (χ2n) is 7.25. The topological polar surface area (TPSA) is 61.6 Å². The first kappa shape index (κ1) is 16.2. The van der Waals surface area contributed by atoms with Crippen molar-refractivity contribution in [3.8, 4) is 5.69 Å². The van der Waals surface area contributed by atoms with Crippen molar-refractivity contribution < 1.29 is 14.3 Å². The Bertz CT molecular complexity index is 794. The maximum Gasteiger partial charge on any atom is 0.312 e. The number of carboxylic acid groups (broad SMARTS) is 1. The predicted octanol–water partition coefficient (Wildman–Crippen LogP) is 1.46. The summed E-state index contributed by atoms with van der Waals surface area (Å²) < 4.78 is 15.5. The lowest BCUT2D eigenvalue weighted by atomic mass is 9.81. The zero-order valence-electron chi connectivity index (χ0n) is 14.1. The Morgan fingerprint density at radius 3 is 2.92 bits per heavy atom. The van der Waals surface area contributed by atoms with Crippen LogP contribution in [0.25, 0.3) is 5.69 Å². The zero-order chi connectivity index (χ0) is 17.6. The van der Waals surface area contributed by atoms with E-state index in [2.05, 4.69) is 14.9 Å². The number of carbonyl (C=O) groups is 1. The van der Waals surface area contributed by atoms with Crippen LogP contribution in [0, 0.1) is 17.2 Å². The van der Waals surface area contributed by atoms with E-state index in [4.69, 9.17) is 0 Å². The van der Waals surface area contributed by atoms with Crippen molar-refractivity contribution in [1.82, 2.24) is 19.6 Å². The molecule has 0 unspecified atom stereocenters. The van der Waals surface area contributed by atoms with E-state index in [-0.39, 0.29) is 11.7 Å². The van der Waals surface area contributed by atoms with Crippen LogP contribution in [0.1, 0.15) is 5.56 Å². The molecule has 132 valence electrons. The maximum atomic E-state index is 13.8. The normalized spacial score (nSPS) is 26.9. The van der Waals surface area contributed by atoms with Crippen LogP contribution < -0.4 is 0 Å². The number of hydrogen-bond donors (Lipinski definition) is 1. The molecule has 1 N–H and O–H groups in total. The van der Waals surface area contributed by atoms with E-state index in [0.29, 0.717) is 26.2 Å². The molecule has 2 aromatic rings. The van der Waals surface area contributed by atoms with Crippen LogP contribution in [0.2, 0.25) is 0 Å². The van der Waals surface area contributed by atoms with Gasteiger partial charge in [-0.3, -0.25) is 9.69 Å². The molecular weight excluding hydrogens is 323 g/mol. The van der Waals surface area contributed by atoms with Gasteiger partial charge in [-0.2, -0.15) is 5.10 Å². The summed E-state index contributed by atoms with van der Waals surface area (Å²) in [6.45, 7) is 3.08. The number of aliphatic carboxylic acids is 1. The van der Waals surface area contributed by atoms with Crippen LogP contribution in [0.5, 0.6) is 0 Å². The number of rotatable bonds is 4. The molecule has 0 radical (unpaired) electrons. The Hall–Kier alpha value is -2.25. The Labute approximate surface area is 145 Å². The zero-order valence-corrected chi connectivity index (χ0v) is 14.1. The quantitative estimate of drug-likeness (QED) is 0.910. The number of benzene rings is 1. The SMILES string of the molecule is CN1C[C@H]2CN(Cc3cc(F)ccc3-n3cccn3)C[C@@]2(C(=O)O)C1. The average Bonchev–Trinajstić information content (AvgIpc) is 3.22. The molecule has 3 heterocycles. The molecule has 0 aliphatic carbocycles. The number of likely N-dealkylation sites (tertiary alicyclic amines) is 2. The van der Waals surface area contributed by atoms with E-state index in [9.17, 15) is 14.3 Å². The third kappa shape index (κ3) is 2.73. The molecule has 1 aromatic carbocycles. The second-order valence-corrected chi connectivity index (χ2v) is 7.25. The number of fused-ring (bicyclic) bond motifs is 1. The van der Waals surface area contributed by atoms with Crippen LogP contribution in [-0.4, -0.2) is 63.9 Å². The van der Waals surface area contributed by atoms with Gasteiger partial charge in [0.05, 0.1) is 11.1 Å². The smallest absolute Gasteiger partial charge is 0.312 e.